The maximum Gasteiger partial charge on any atom is 0.206 e. The van der Waals surface area contributed by atoms with E-state index < -0.39 is 0 Å². The number of fused-ring (bicyclic) bond motifs is 3. The summed E-state index contributed by atoms with van der Waals surface area (Å²) >= 11 is 0. The molecule has 0 amide bonds. The lowest BCUT2D eigenvalue weighted by atomic mass is 10.1. The maximum atomic E-state index is 5.85. The molecule has 4 heteroatoms. The SMILES string of the molecule is Nc1ccc2c(c1)nc1n2CCN1CCc1ccccc1. The fourth-order valence-electron chi connectivity index (χ4n) is 3.04. The van der Waals surface area contributed by atoms with Crippen LogP contribution in [-0.2, 0) is 13.0 Å². The summed E-state index contributed by atoms with van der Waals surface area (Å²) in [6.45, 7) is 3.04. The van der Waals surface area contributed by atoms with Crippen LogP contribution in [0.2, 0.25) is 0 Å². The summed E-state index contributed by atoms with van der Waals surface area (Å²) in [7, 11) is 0. The molecule has 1 aliphatic heterocycles. The van der Waals surface area contributed by atoms with Crippen LogP contribution in [0.1, 0.15) is 5.56 Å². The molecule has 4 nitrogen and oxygen atoms in total. The average molecular weight is 278 g/mol. The van der Waals surface area contributed by atoms with E-state index in [0.29, 0.717) is 0 Å². The molecule has 2 aromatic carbocycles. The molecule has 0 atom stereocenters. The molecule has 21 heavy (non-hydrogen) atoms. The highest BCUT2D eigenvalue weighted by Crippen LogP contribution is 2.28. The predicted molar refractivity (Wildman–Crippen MR) is 86.5 cm³/mol. The summed E-state index contributed by atoms with van der Waals surface area (Å²) in [4.78, 5) is 7.12. The van der Waals surface area contributed by atoms with E-state index in [0.717, 1.165) is 43.2 Å². The van der Waals surface area contributed by atoms with Crippen molar-refractivity contribution < 1.29 is 0 Å². The highest BCUT2D eigenvalue weighted by molar-refractivity contribution is 5.82. The number of nitrogens with zero attached hydrogens (tertiary/aromatic N) is 3. The van der Waals surface area contributed by atoms with Crippen LogP contribution in [0.3, 0.4) is 0 Å². The van der Waals surface area contributed by atoms with E-state index in [-0.39, 0.29) is 0 Å². The summed E-state index contributed by atoms with van der Waals surface area (Å²) in [5, 5.41) is 0. The van der Waals surface area contributed by atoms with E-state index >= 15 is 0 Å². The first kappa shape index (κ1) is 12.3. The van der Waals surface area contributed by atoms with Crippen molar-refractivity contribution in [3.63, 3.8) is 0 Å². The Morgan fingerprint density at radius 3 is 2.76 bits per heavy atom. The first-order valence-electron chi connectivity index (χ1n) is 7.36. The normalized spacial score (nSPS) is 13.8. The Labute approximate surface area is 123 Å². The van der Waals surface area contributed by atoms with E-state index in [1.54, 1.807) is 0 Å². The Kier molecular flexibility index (Phi) is 2.81. The molecule has 0 fully saturated rings. The van der Waals surface area contributed by atoms with Crippen molar-refractivity contribution in [3.8, 4) is 0 Å². The molecule has 1 aromatic heterocycles. The number of nitrogen functional groups attached to an aromatic ring is 1. The second-order valence-electron chi connectivity index (χ2n) is 5.53. The molecule has 0 aliphatic carbocycles. The maximum absolute atomic E-state index is 5.85. The van der Waals surface area contributed by atoms with Crippen LogP contribution in [0.5, 0.6) is 0 Å². The smallest absolute Gasteiger partial charge is 0.206 e. The van der Waals surface area contributed by atoms with Crippen LogP contribution in [0.25, 0.3) is 11.0 Å². The van der Waals surface area contributed by atoms with E-state index in [4.69, 9.17) is 10.7 Å². The van der Waals surface area contributed by atoms with Gasteiger partial charge in [0.05, 0.1) is 11.0 Å². The van der Waals surface area contributed by atoms with Gasteiger partial charge in [0.2, 0.25) is 5.95 Å². The Bertz CT molecular complexity index is 776. The lowest BCUT2D eigenvalue weighted by molar-refractivity contribution is 0.775. The third-order valence-electron chi connectivity index (χ3n) is 4.14. The number of rotatable bonds is 3. The van der Waals surface area contributed by atoms with Gasteiger partial charge in [-0.05, 0) is 30.2 Å². The van der Waals surface area contributed by atoms with Gasteiger partial charge >= 0.3 is 0 Å². The first-order valence-corrected chi connectivity index (χ1v) is 7.36. The van der Waals surface area contributed by atoms with Gasteiger partial charge in [0.15, 0.2) is 0 Å². The number of hydrogen-bond donors (Lipinski definition) is 1. The van der Waals surface area contributed by atoms with Crippen molar-refractivity contribution in [1.82, 2.24) is 9.55 Å². The molecule has 1 aliphatic rings. The number of nitrogens with two attached hydrogens (primary N) is 1. The Balaban J connectivity index is 1.59. The lowest BCUT2D eigenvalue weighted by Gasteiger charge is -2.15. The van der Waals surface area contributed by atoms with Gasteiger partial charge < -0.3 is 15.2 Å². The lowest BCUT2D eigenvalue weighted by Crippen LogP contribution is -2.23. The molecule has 0 spiro atoms. The summed E-state index contributed by atoms with van der Waals surface area (Å²) in [5.41, 5.74) is 10.2. The number of hydrogen-bond acceptors (Lipinski definition) is 3. The molecular formula is C17H18N4. The first-order chi connectivity index (χ1) is 10.3. The molecule has 3 aromatic rings. The van der Waals surface area contributed by atoms with Crippen LogP contribution in [-0.4, -0.2) is 22.6 Å². The monoisotopic (exact) mass is 278 g/mol. The van der Waals surface area contributed by atoms with Gasteiger partial charge in [0.25, 0.3) is 0 Å². The zero-order chi connectivity index (χ0) is 14.2. The standard InChI is InChI=1S/C17H18N4/c18-14-6-7-16-15(12-14)19-17-20(10-11-21(16)17)9-8-13-4-2-1-3-5-13/h1-7,12H,8-11,18H2. The van der Waals surface area contributed by atoms with Crippen LogP contribution in [0.4, 0.5) is 11.6 Å². The predicted octanol–water partition coefficient (Wildman–Crippen LogP) is 2.68. The van der Waals surface area contributed by atoms with E-state index in [1.807, 2.05) is 12.1 Å². The molecule has 4 rings (SSSR count). The topological polar surface area (TPSA) is 47.1 Å². The summed E-state index contributed by atoms with van der Waals surface area (Å²) < 4.78 is 2.29. The van der Waals surface area contributed by atoms with Crippen molar-refractivity contribution in [1.29, 1.82) is 0 Å². The number of imidazole rings is 1. The fourth-order valence-corrected chi connectivity index (χ4v) is 3.04. The highest BCUT2D eigenvalue weighted by Gasteiger charge is 2.22. The molecule has 106 valence electrons. The average Bonchev–Trinajstić information content (AvgIpc) is 3.04. The second kappa shape index (κ2) is 4.81. The number of benzene rings is 2. The molecular weight excluding hydrogens is 260 g/mol. The van der Waals surface area contributed by atoms with Gasteiger partial charge in [-0.2, -0.15) is 0 Å². The van der Waals surface area contributed by atoms with E-state index in [9.17, 15) is 0 Å². The van der Waals surface area contributed by atoms with Crippen LogP contribution in [0.15, 0.2) is 48.5 Å². The minimum atomic E-state index is 0.773. The molecule has 2 N–H and O–H groups in total. The number of anilines is 2. The van der Waals surface area contributed by atoms with Crippen molar-refractivity contribution in [2.24, 2.45) is 0 Å². The third-order valence-corrected chi connectivity index (χ3v) is 4.14. The van der Waals surface area contributed by atoms with Crippen molar-refractivity contribution >= 4 is 22.7 Å². The minimum Gasteiger partial charge on any atom is -0.399 e. The largest absolute Gasteiger partial charge is 0.399 e. The molecule has 0 bridgehead atoms. The van der Waals surface area contributed by atoms with E-state index in [2.05, 4.69) is 45.9 Å². The Hall–Kier alpha value is -2.49. The van der Waals surface area contributed by atoms with Crippen LogP contribution < -0.4 is 10.6 Å². The zero-order valence-electron chi connectivity index (χ0n) is 11.9. The molecule has 0 saturated carbocycles. The number of aromatic nitrogens is 2. The van der Waals surface area contributed by atoms with Gasteiger partial charge in [-0.1, -0.05) is 30.3 Å². The molecule has 0 saturated heterocycles. The Morgan fingerprint density at radius 2 is 1.90 bits per heavy atom. The van der Waals surface area contributed by atoms with Crippen molar-refractivity contribution in [2.75, 3.05) is 23.7 Å². The van der Waals surface area contributed by atoms with Gasteiger partial charge in [-0.25, -0.2) is 4.98 Å². The van der Waals surface area contributed by atoms with Crippen molar-refractivity contribution in [3.05, 3.63) is 54.1 Å². The van der Waals surface area contributed by atoms with Gasteiger partial charge in [-0.3, -0.25) is 0 Å². The van der Waals surface area contributed by atoms with E-state index in [1.165, 1.54) is 11.1 Å². The Morgan fingerprint density at radius 1 is 1.05 bits per heavy atom. The second-order valence-corrected chi connectivity index (χ2v) is 5.53. The fraction of sp³-hybridized carbons (Fsp3) is 0.235. The molecule has 0 radical (unpaired) electrons. The third kappa shape index (κ3) is 2.13. The summed E-state index contributed by atoms with van der Waals surface area (Å²) in [6.07, 6.45) is 1.05. The highest BCUT2D eigenvalue weighted by atomic mass is 15.4. The van der Waals surface area contributed by atoms with Gasteiger partial charge in [-0.15, -0.1) is 0 Å². The minimum absolute atomic E-state index is 0.773. The quantitative estimate of drug-likeness (QED) is 0.749. The molecule has 0 unspecified atom stereocenters. The van der Waals surface area contributed by atoms with Crippen LogP contribution in [0, 0.1) is 0 Å². The van der Waals surface area contributed by atoms with Crippen molar-refractivity contribution in [2.45, 2.75) is 13.0 Å². The zero-order valence-corrected chi connectivity index (χ0v) is 11.9. The summed E-state index contributed by atoms with van der Waals surface area (Å²) in [5.74, 6) is 1.08. The van der Waals surface area contributed by atoms with Gasteiger partial charge in [0, 0.05) is 25.3 Å². The van der Waals surface area contributed by atoms with Crippen LogP contribution >= 0.6 is 0 Å². The summed E-state index contributed by atoms with van der Waals surface area (Å²) in [6, 6.07) is 16.6. The van der Waals surface area contributed by atoms with Gasteiger partial charge in [0.1, 0.15) is 0 Å². The molecule has 2 heterocycles.